The highest BCUT2D eigenvalue weighted by atomic mass is 19.1. The number of para-hydroxylation sites is 1. The molecule has 2 aromatic carbocycles. The maximum Gasteiger partial charge on any atom is 0.276 e. The van der Waals surface area contributed by atoms with Gasteiger partial charge < -0.3 is 4.74 Å². The Morgan fingerprint density at radius 3 is 2.55 bits per heavy atom. The molecular formula is C15H14FNO3. The molecule has 0 aliphatic rings. The number of nitro groups is 1. The van der Waals surface area contributed by atoms with E-state index in [1.165, 1.54) is 6.07 Å². The molecule has 0 spiro atoms. The lowest BCUT2D eigenvalue weighted by Crippen LogP contribution is -1.95. The van der Waals surface area contributed by atoms with E-state index in [4.69, 9.17) is 4.74 Å². The van der Waals surface area contributed by atoms with Crippen LogP contribution in [0.1, 0.15) is 25.3 Å². The fourth-order valence-corrected chi connectivity index (χ4v) is 1.89. The molecule has 5 heteroatoms. The van der Waals surface area contributed by atoms with Gasteiger partial charge in [-0.3, -0.25) is 10.1 Å². The Morgan fingerprint density at radius 1 is 1.20 bits per heavy atom. The molecule has 0 bridgehead atoms. The molecule has 20 heavy (non-hydrogen) atoms. The first kappa shape index (κ1) is 14.0. The van der Waals surface area contributed by atoms with E-state index in [0.717, 1.165) is 17.7 Å². The van der Waals surface area contributed by atoms with Gasteiger partial charge in [0.1, 0.15) is 17.3 Å². The van der Waals surface area contributed by atoms with Gasteiger partial charge in [0, 0.05) is 6.07 Å². The molecule has 0 saturated carbocycles. The van der Waals surface area contributed by atoms with E-state index in [9.17, 15) is 14.5 Å². The van der Waals surface area contributed by atoms with Crippen LogP contribution in [0.5, 0.6) is 11.5 Å². The molecule has 0 unspecified atom stereocenters. The average Bonchev–Trinajstić information content (AvgIpc) is 2.38. The van der Waals surface area contributed by atoms with Gasteiger partial charge in [0.2, 0.25) is 0 Å². The lowest BCUT2D eigenvalue weighted by atomic mass is 10.0. The fourth-order valence-electron chi connectivity index (χ4n) is 1.89. The first-order valence-electron chi connectivity index (χ1n) is 6.19. The monoisotopic (exact) mass is 275 g/mol. The van der Waals surface area contributed by atoms with Gasteiger partial charge in [0.25, 0.3) is 5.69 Å². The van der Waals surface area contributed by atoms with E-state index in [0.29, 0.717) is 5.75 Å². The average molecular weight is 275 g/mol. The molecule has 0 fully saturated rings. The van der Waals surface area contributed by atoms with Crippen LogP contribution in [0.2, 0.25) is 0 Å². The Kier molecular flexibility index (Phi) is 3.98. The van der Waals surface area contributed by atoms with E-state index in [2.05, 4.69) is 0 Å². The minimum absolute atomic E-state index is 0.116. The second-order valence-electron chi connectivity index (χ2n) is 4.70. The molecule has 0 aliphatic heterocycles. The van der Waals surface area contributed by atoms with Gasteiger partial charge in [-0.15, -0.1) is 0 Å². The van der Waals surface area contributed by atoms with Gasteiger partial charge in [0.05, 0.1) is 17.1 Å². The summed E-state index contributed by atoms with van der Waals surface area (Å²) in [5.41, 5.74) is 0.626. The maximum atomic E-state index is 13.4. The molecule has 0 saturated heterocycles. The topological polar surface area (TPSA) is 52.4 Å². The highest BCUT2D eigenvalue weighted by Gasteiger charge is 2.13. The largest absolute Gasteiger partial charge is 0.457 e. The SMILES string of the molecule is CC(C)c1ccccc1Oc1cc(F)cc([N+](=O)[O-])c1. The molecular weight excluding hydrogens is 261 g/mol. The second kappa shape index (κ2) is 5.69. The van der Waals surface area contributed by atoms with Gasteiger partial charge in [-0.05, 0) is 17.5 Å². The molecule has 2 rings (SSSR count). The number of non-ortho nitro benzene ring substituents is 1. The number of rotatable bonds is 4. The van der Waals surface area contributed by atoms with Crippen LogP contribution >= 0.6 is 0 Å². The van der Waals surface area contributed by atoms with Crippen LogP contribution in [0.25, 0.3) is 0 Å². The molecule has 0 heterocycles. The highest BCUT2D eigenvalue weighted by molar-refractivity contribution is 5.44. The summed E-state index contributed by atoms with van der Waals surface area (Å²) in [5, 5.41) is 10.7. The van der Waals surface area contributed by atoms with Crippen LogP contribution in [0.3, 0.4) is 0 Å². The zero-order chi connectivity index (χ0) is 14.7. The molecule has 2 aromatic rings. The smallest absolute Gasteiger partial charge is 0.276 e. The van der Waals surface area contributed by atoms with Crippen molar-refractivity contribution >= 4 is 5.69 Å². The van der Waals surface area contributed by atoms with Crippen LogP contribution in [-0.2, 0) is 0 Å². The third kappa shape index (κ3) is 3.12. The molecule has 0 aromatic heterocycles. The van der Waals surface area contributed by atoms with E-state index >= 15 is 0 Å². The summed E-state index contributed by atoms with van der Waals surface area (Å²) >= 11 is 0. The van der Waals surface area contributed by atoms with Gasteiger partial charge >= 0.3 is 0 Å². The lowest BCUT2D eigenvalue weighted by molar-refractivity contribution is -0.385. The number of nitro benzene ring substituents is 1. The predicted octanol–water partition coefficient (Wildman–Crippen LogP) is 4.65. The number of hydrogen-bond acceptors (Lipinski definition) is 3. The number of benzene rings is 2. The molecule has 0 atom stereocenters. The van der Waals surface area contributed by atoms with Gasteiger partial charge in [-0.1, -0.05) is 32.0 Å². The predicted molar refractivity (Wildman–Crippen MR) is 73.7 cm³/mol. The minimum atomic E-state index is -0.698. The van der Waals surface area contributed by atoms with Crippen molar-refractivity contribution in [3.8, 4) is 11.5 Å². The quantitative estimate of drug-likeness (QED) is 0.602. The Labute approximate surface area is 116 Å². The van der Waals surface area contributed by atoms with Crippen molar-refractivity contribution in [2.24, 2.45) is 0 Å². The molecule has 0 amide bonds. The highest BCUT2D eigenvalue weighted by Crippen LogP contribution is 2.32. The van der Waals surface area contributed by atoms with E-state index < -0.39 is 10.7 Å². The third-order valence-electron chi connectivity index (χ3n) is 2.84. The first-order valence-corrected chi connectivity index (χ1v) is 6.19. The van der Waals surface area contributed by atoms with Gasteiger partial charge in [0.15, 0.2) is 0 Å². The molecule has 0 aliphatic carbocycles. The zero-order valence-corrected chi connectivity index (χ0v) is 11.2. The molecule has 104 valence electrons. The minimum Gasteiger partial charge on any atom is -0.457 e. The number of hydrogen-bond donors (Lipinski definition) is 0. The van der Waals surface area contributed by atoms with Crippen LogP contribution < -0.4 is 4.74 Å². The van der Waals surface area contributed by atoms with E-state index in [1.807, 2.05) is 26.0 Å². The summed E-state index contributed by atoms with van der Waals surface area (Å²) in [6, 6.07) is 10.6. The molecule has 0 N–H and O–H groups in total. The molecule has 0 radical (unpaired) electrons. The fraction of sp³-hybridized carbons (Fsp3) is 0.200. The van der Waals surface area contributed by atoms with Crippen LogP contribution in [0.15, 0.2) is 42.5 Å². The number of ether oxygens (including phenoxy) is 1. The summed E-state index contributed by atoms with van der Waals surface area (Å²) in [4.78, 5) is 10.1. The summed E-state index contributed by atoms with van der Waals surface area (Å²) in [7, 11) is 0. The van der Waals surface area contributed by atoms with Crippen molar-refractivity contribution in [3.63, 3.8) is 0 Å². The summed E-state index contributed by atoms with van der Waals surface area (Å²) in [5.74, 6) is 0.221. The summed E-state index contributed by atoms with van der Waals surface area (Å²) in [6.45, 7) is 4.02. The lowest BCUT2D eigenvalue weighted by Gasteiger charge is -2.13. The Hall–Kier alpha value is -2.43. The van der Waals surface area contributed by atoms with E-state index in [1.54, 1.807) is 12.1 Å². The summed E-state index contributed by atoms with van der Waals surface area (Å²) < 4.78 is 19.0. The number of halogens is 1. The van der Waals surface area contributed by atoms with Crippen LogP contribution in [-0.4, -0.2) is 4.92 Å². The van der Waals surface area contributed by atoms with Gasteiger partial charge in [-0.2, -0.15) is 0 Å². The van der Waals surface area contributed by atoms with E-state index in [-0.39, 0.29) is 17.4 Å². The van der Waals surface area contributed by atoms with Crippen LogP contribution in [0, 0.1) is 15.9 Å². The van der Waals surface area contributed by atoms with Crippen molar-refractivity contribution in [3.05, 3.63) is 64.0 Å². The van der Waals surface area contributed by atoms with Crippen molar-refractivity contribution in [2.45, 2.75) is 19.8 Å². The second-order valence-corrected chi connectivity index (χ2v) is 4.70. The van der Waals surface area contributed by atoms with Crippen molar-refractivity contribution in [1.29, 1.82) is 0 Å². The normalized spacial score (nSPS) is 10.6. The van der Waals surface area contributed by atoms with Crippen LogP contribution in [0.4, 0.5) is 10.1 Å². The summed E-state index contributed by atoms with van der Waals surface area (Å²) in [6.07, 6.45) is 0. The first-order chi connectivity index (χ1) is 9.47. The zero-order valence-electron chi connectivity index (χ0n) is 11.2. The third-order valence-corrected chi connectivity index (χ3v) is 2.84. The Morgan fingerprint density at radius 2 is 1.90 bits per heavy atom. The van der Waals surface area contributed by atoms with Crippen molar-refractivity contribution < 1.29 is 14.1 Å². The van der Waals surface area contributed by atoms with Crippen molar-refractivity contribution in [1.82, 2.24) is 0 Å². The Bertz CT molecular complexity index is 641. The molecule has 4 nitrogen and oxygen atoms in total. The van der Waals surface area contributed by atoms with Crippen molar-refractivity contribution in [2.75, 3.05) is 0 Å². The maximum absolute atomic E-state index is 13.4. The standard InChI is InChI=1S/C15H14FNO3/c1-10(2)14-5-3-4-6-15(14)20-13-8-11(16)7-12(9-13)17(18)19/h3-10H,1-2H3. The number of nitrogens with zero attached hydrogens (tertiary/aromatic N) is 1. The Balaban J connectivity index is 2.37. The van der Waals surface area contributed by atoms with Gasteiger partial charge in [-0.25, -0.2) is 4.39 Å².